The molecule has 0 saturated carbocycles. The lowest BCUT2D eigenvalue weighted by molar-refractivity contribution is -0.122. The van der Waals surface area contributed by atoms with Gasteiger partial charge in [-0.2, -0.15) is 0 Å². The van der Waals surface area contributed by atoms with Gasteiger partial charge in [-0.3, -0.25) is 9.59 Å². The van der Waals surface area contributed by atoms with Gasteiger partial charge < -0.3 is 19.5 Å². The van der Waals surface area contributed by atoms with Gasteiger partial charge in [0.05, 0.1) is 10.2 Å². The number of Topliss-reactive ketones (excluding diaryl/α,β-unsaturated/α-hetero) is 1. The number of hydrogen-bond donors (Lipinski definition) is 1. The van der Waals surface area contributed by atoms with Crippen LogP contribution in [0.4, 0.5) is 5.69 Å². The predicted octanol–water partition coefficient (Wildman–Crippen LogP) is 4.44. The lowest BCUT2D eigenvalue weighted by atomic mass is 10.1. The van der Waals surface area contributed by atoms with Crippen molar-refractivity contribution in [3.05, 3.63) is 45.4 Å². The van der Waals surface area contributed by atoms with Crippen molar-refractivity contribution >= 4 is 44.9 Å². The van der Waals surface area contributed by atoms with Crippen molar-refractivity contribution in [3.8, 4) is 17.2 Å². The van der Waals surface area contributed by atoms with Crippen molar-refractivity contribution < 1.29 is 23.8 Å². The molecular weight excluding hydrogens is 426 g/mol. The Morgan fingerprint density at radius 2 is 1.92 bits per heavy atom. The number of rotatable bonds is 5. The van der Waals surface area contributed by atoms with Gasteiger partial charge in [-0.25, -0.2) is 0 Å². The van der Waals surface area contributed by atoms with Crippen LogP contribution in [0.1, 0.15) is 24.2 Å². The fourth-order valence-electron chi connectivity index (χ4n) is 2.39. The summed E-state index contributed by atoms with van der Waals surface area (Å²) in [6.07, 6.45) is -0.808. The zero-order valence-electron chi connectivity index (χ0n) is 14.0. The van der Waals surface area contributed by atoms with E-state index >= 15 is 0 Å². The molecule has 0 radical (unpaired) electrons. The van der Waals surface area contributed by atoms with Gasteiger partial charge in [0.25, 0.3) is 5.91 Å². The number of carbonyl (C=O) groups is 2. The Bertz CT molecular complexity index is 886. The van der Waals surface area contributed by atoms with Gasteiger partial charge in [0, 0.05) is 16.7 Å². The summed E-state index contributed by atoms with van der Waals surface area (Å²) in [5.74, 6) is 0.817. The maximum absolute atomic E-state index is 12.5. The number of fused-ring (bicyclic) bond motifs is 1. The second-order valence-corrected chi connectivity index (χ2v) is 6.92. The Morgan fingerprint density at radius 1 is 1.23 bits per heavy atom. The number of ketones is 1. The van der Waals surface area contributed by atoms with Crippen molar-refractivity contribution in [1.82, 2.24) is 0 Å². The van der Waals surface area contributed by atoms with Gasteiger partial charge in [-0.1, -0.05) is 11.6 Å². The summed E-state index contributed by atoms with van der Waals surface area (Å²) in [4.78, 5) is 24.4. The van der Waals surface area contributed by atoms with Crippen LogP contribution in [0.15, 0.2) is 34.8 Å². The van der Waals surface area contributed by atoms with Gasteiger partial charge in [0.1, 0.15) is 5.75 Å². The molecule has 0 bridgehead atoms. The van der Waals surface area contributed by atoms with Gasteiger partial charge in [0.2, 0.25) is 6.79 Å². The zero-order valence-corrected chi connectivity index (χ0v) is 16.3. The molecule has 8 heteroatoms. The van der Waals surface area contributed by atoms with Crippen molar-refractivity contribution in [2.75, 3.05) is 12.1 Å². The normalized spacial score (nSPS) is 13.2. The first-order valence-electron chi connectivity index (χ1n) is 7.72. The van der Waals surface area contributed by atoms with E-state index in [0.29, 0.717) is 38.0 Å². The molecule has 1 aliphatic heterocycles. The van der Waals surface area contributed by atoms with E-state index in [1.165, 1.54) is 6.92 Å². The third kappa shape index (κ3) is 3.94. The molecule has 26 heavy (non-hydrogen) atoms. The molecule has 0 aromatic heterocycles. The minimum atomic E-state index is -0.808. The smallest absolute Gasteiger partial charge is 0.265 e. The Hall–Kier alpha value is -2.25. The fraction of sp³-hybridized carbons (Fsp3) is 0.222. The summed E-state index contributed by atoms with van der Waals surface area (Å²) < 4.78 is 16.9. The van der Waals surface area contributed by atoms with Crippen LogP contribution in [-0.2, 0) is 4.79 Å². The number of halogens is 2. The number of anilines is 1. The van der Waals surface area contributed by atoms with Crippen LogP contribution >= 0.6 is 27.5 Å². The molecule has 0 fully saturated rings. The lowest BCUT2D eigenvalue weighted by Crippen LogP contribution is -2.30. The SMILES string of the molecule is CC(=O)c1cc2c(cc1NC(=O)[C@H](C)Oc1ccc(Cl)cc1Br)OCO2. The average Bonchev–Trinajstić information content (AvgIpc) is 3.03. The average molecular weight is 441 g/mol. The number of nitrogens with one attached hydrogen (secondary N) is 1. The summed E-state index contributed by atoms with van der Waals surface area (Å²) in [5, 5.41) is 3.26. The molecule has 3 rings (SSSR count). The van der Waals surface area contributed by atoms with Crippen molar-refractivity contribution in [1.29, 1.82) is 0 Å². The van der Waals surface area contributed by atoms with Crippen LogP contribution in [0.25, 0.3) is 0 Å². The van der Waals surface area contributed by atoms with Crippen LogP contribution in [0.2, 0.25) is 5.02 Å². The molecule has 2 aromatic rings. The molecule has 1 aliphatic rings. The molecular formula is C18H15BrClNO5. The Labute approximate surface area is 163 Å². The molecule has 136 valence electrons. The summed E-state index contributed by atoms with van der Waals surface area (Å²) in [7, 11) is 0. The highest BCUT2D eigenvalue weighted by Crippen LogP contribution is 2.37. The predicted molar refractivity (Wildman–Crippen MR) is 100 cm³/mol. The first-order valence-corrected chi connectivity index (χ1v) is 8.89. The highest BCUT2D eigenvalue weighted by Gasteiger charge is 2.23. The van der Waals surface area contributed by atoms with Crippen LogP contribution in [-0.4, -0.2) is 24.6 Å². The number of benzene rings is 2. The van der Waals surface area contributed by atoms with E-state index in [-0.39, 0.29) is 12.6 Å². The summed E-state index contributed by atoms with van der Waals surface area (Å²) in [6, 6.07) is 8.13. The molecule has 1 amide bonds. The molecule has 6 nitrogen and oxygen atoms in total. The molecule has 1 N–H and O–H groups in total. The van der Waals surface area contributed by atoms with Crippen molar-refractivity contribution in [3.63, 3.8) is 0 Å². The van der Waals surface area contributed by atoms with Crippen LogP contribution < -0.4 is 19.5 Å². The molecule has 0 aliphatic carbocycles. The number of hydrogen-bond acceptors (Lipinski definition) is 5. The second-order valence-electron chi connectivity index (χ2n) is 5.63. The van der Waals surface area contributed by atoms with E-state index in [2.05, 4.69) is 21.2 Å². The highest BCUT2D eigenvalue weighted by molar-refractivity contribution is 9.10. The third-order valence-corrected chi connectivity index (χ3v) is 4.57. The van der Waals surface area contributed by atoms with Crippen LogP contribution in [0.5, 0.6) is 17.2 Å². The molecule has 0 spiro atoms. The number of amides is 1. The fourth-order valence-corrected chi connectivity index (χ4v) is 3.16. The first-order chi connectivity index (χ1) is 12.3. The molecule has 1 heterocycles. The minimum absolute atomic E-state index is 0.0776. The van der Waals surface area contributed by atoms with Crippen LogP contribution in [0.3, 0.4) is 0 Å². The Morgan fingerprint density at radius 3 is 2.58 bits per heavy atom. The molecule has 2 aromatic carbocycles. The molecule has 0 unspecified atom stereocenters. The van der Waals surface area contributed by atoms with Gasteiger partial charge >= 0.3 is 0 Å². The largest absolute Gasteiger partial charge is 0.480 e. The number of ether oxygens (including phenoxy) is 3. The Kier molecular flexibility index (Phi) is 5.38. The number of carbonyl (C=O) groups excluding carboxylic acids is 2. The van der Waals surface area contributed by atoms with Crippen molar-refractivity contribution in [2.45, 2.75) is 20.0 Å². The van der Waals surface area contributed by atoms with Gasteiger partial charge in [-0.05, 0) is 54.0 Å². The van der Waals surface area contributed by atoms with E-state index in [0.717, 1.165) is 0 Å². The highest BCUT2D eigenvalue weighted by atomic mass is 79.9. The van der Waals surface area contributed by atoms with E-state index in [9.17, 15) is 9.59 Å². The minimum Gasteiger partial charge on any atom is -0.480 e. The monoisotopic (exact) mass is 439 g/mol. The van der Waals surface area contributed by atoms with Crippen molar-refractivity contribution in [2.24, 2.45) is 0 Å². The maximum Gasteiger partial charge on any atom is 0.265 e. The maximum atomic E-state index is 12.5. The summed E-state index contributed by atoms with van der Waals surface area (Å²) in [5.41, 5.74) is 0.680. The molecule has 1 atom stereocenters. The van der Waals surface area contributed by atoms with Gasteiger partial charge in [-0.15, -0.1) is 0 Å². The first kappa shape index (κ1) is 18.5. The quantitative estimate of drug-likeness (QED) is 0.696. The standard InChI is InChI=1S/C18H15BrClNO5/c1-9(22)12-6-16-17(25-8-24-16)7-14(12)21-18(23)10(2)26-15-4-3-11(20)5-13(15)19/h3-7,10H,8H2,1-2H3,(H,21,23)/t10-/m0/s1. The van der Waals surface area contributed by atoms with Gasteiger partial charge in [0.15, 0.2) is 23.4 Å². The van der Waals surface area contributed by atoms with E-state index < -0.39 is 12.0 Å². The third-order valence-electron chi connectivity index (χ3n) is 3.72. The van der Waals surface area contributed by atoms with E-state index in [1.807, 2.05) is 0 Å². The van der Waals surface area contributed by atoms with E-state index in [1.54, 1.807) is 37.3 Å². The van der Waals surface area contributed by atoms with E-state index in [4.69, 9.17) is 25.8 Å². The topological polar surface area (TPSA) is 73.9 Å². The summed E-state index contributed by atoms with van der Waals surface area (Å²) >= 11 is 9.24. The second kappa shape index (κ2) is 7.55. The zero-order chi connectivity index (χ0) is 18.8. The Balaban J connectivity index is 1.78. The summed E-state index contributed by atoms with van der Waals surface area (Å²) in [6.45, 7) is 3.10. The lowest BCUT2D eigenvalue weighted by Gasteiger charge is -2.17. The molecule has 0 saturated heterocycles. The van der Waals surface area contributed by atoms with Crippen LogP contribution in [0, 0.1) is 0 Å².